The zero-order valence-electron chi connectivity index (χ0n) is 9.47. The molecule has 84 valence electrons. The first-order valence-corrected chi connectivity index (χ1v) is 5.65. The number of carbonyl (C=O) groups is 1. The van der Waals surface area contributed by atoms with Gasteiger partial charge in [0, 0.05) is 10.0 Å². The number of nitrogens with zero attached hydrogens (tertiary/aromatic N) is 1. The molecular formula is C12H13BrN2O. The fraction of sp³-hybridized carbons (Fsp3) is 0.333. The van der Waals surface area contributed by atoms with Crippen LogP contribution in [-0.4, -0.2) is 11.4 Å². The van der Waals surface area contributed by atoms with Crippen molar-refractivity contribution in [2.24, 2.45) is 0 Å². The summed E-state index contributed by atoms with van der Waals surface area (Å²) in [7, 11) is 0. The Kier molecular flexibility index (Phi) is 3.71. The van der Waals surface area contributed by atoms with Gasteiger partial charge in [-0.3, -0.25) is 4.79 Å². The Bertz CT molecular complexity index is 461. The largest absolute Gasteiger partial charge is 0.334 e. The molecule has 0 aliphatic rings. The maximum absolute atomic E-state index is 11.9. The maximum atomic E-state index is 11.9. The van der Waals surface area contributed by atoms with E-state index in [0.29, 0.717) is 5.56 Å². The minimum atomic E-state index is -0.855. The molecule has 16 heavy (non-hydrogen) atoms. The van der Waals surface area contributed by atoms with E-state index < -0.39 is 5.54 Å². The van der Waals surface area contributed by atoms with Crippen LogP contribution >= 0.6 is 15.9 Å². The van der Waals surface area contributed by atoms with E-state index >= 15 is 0 Å². The summed E-state index contributed by atoms with van der Waals surface area (Å²) in [6, 6.07) is 7.52. The summed E-state index contributed by atoms with van der Waals surface area (Å²) >= 11 is 3.32. The molecule has 0 saturated heterocycles. The monoisotopic (exact) mass is 280 g/mol. The Morgan fingerprint density at radius 3 is 2.69 bits per heavy atom. The van der Waals surface area contributed by atoms with Gasteiger partial charge in [0.15, 0.2) is 0 Å². The van der Waals surface area contributed by atoms with E-state index in [0.717, 1.165) is 10.0 Å². The van der Waals surface area contributed by atoms with Gasteiger partial charge < -0.3 is 5.32 Å². The normalized spacial score (nSPS) is 10.7. The van der Waals surface area contributed by atoms with Crippen molar-refractivity contribution in [3.63, 3.8) is 0 Å². The number of aryl methyl sites for hydroxylation is 1. The number of carbonyl (C=O) groups excluding carboxylic acids is 1. The Morgan fingerprint density at radius 2 is 2.12 bits per heavy atom. The molecule has 1 aromatic rings. The second kappa shape index (κ2) is 4.67. The Balaban J connectivity index is 2.98. The van der Waals surface area contributed by atoms with Gasteiger partial charge in [0.25, 0.3) is 5.91 Å². The fourth-order valence-corrected chi connectivity index (χ4v) is 1.58. The van der Waals surface area contributed by atoms with Crippen LogP contribution in [0.2, 0.25) is 0 Å². The first-order chi connectivity index (χ1) is 7.35. The number of rotatable bonds is 2. The summed E-state index contributed by atoms with van der Waals surface area (Å²) < 4.78 is 0.845. The molecule has 1 amide bonds. The highest BCUT2D eigenvalue weighted by atomic mass is 79.9. The van der Waals surface area contributed by atoms with E-state index in [-0.39, 0.29) is 5.91 Å². The molecule has 0 unspecified atom stereocenters. The molecule has 0 aliphatic heterocycles. The van der Waals surface area contributed by atoms with Gasteiger partial charge in [-0.2, -0.15) is 5.26 Å². The highest BCUT2D eigenvalue weighted by molar-refractivity contribution is 9.10. The van der Waals surface area contributed by atoms with Crippen LogP contribution in [0.15, 0.2) is 22.7 Å². The summed E-state index contributed by atoms with van der Waals surface area (Å²) in [6.45, 7) is 5.19. The zero-order valence-corrected chi connectivity index (χ0v) is 11.1. The molecule has 0 aliphatic carbocycles. The average Bonchev–Trinajstić information content (AvgIpc) is 2.21. The second-order valence-electron chi connectivity index (χ2n) is 4.15. The van der Waals surface area contributed by atoms with Crippen molar-refractivity contribution in [1.29, 1.82) is 5.26 Å². The quantitative estimate of drug-likeness (QED) is 0.906. The van der Waals surface area contributed by atoms with Gasteiger partial charge in [-0.1, -0.05) is 22.0 Å². The molecule has 0 atom stereocenters. The molecule has 0 aromatic heterocycles. The number of nitriles is 1. The summed E-state index contributed by atoms with van der Waals surface area (Å²) in [4.78, 5) is 11.9. The van der Waals surface area contributed by atoms with E-state index in [4.69, 9.17) is 5.26 Å². The van der Waals surface area contributed by atoms with Crippen LogP contribution in [-0.2, 0) is 0 Å². The number of nitrogens with one attached hydrogen (secondary N) is 1. The molecular weight excluding hydrogens is 268 g/mol. The van der Waals surface area contributed by atoms with E-state index in [1.54, 1.807) is 19.9 Å². The van der Waals surface area contributed by atoms with Gasteiger partial charge in [-0.15, -0.1) is 0 Å². The van der Waals surface area contributed by atoms with Crippen molar-refractivity contribution in [2.45, 2.75) is 26.3 Å². The first kappa shape index (κ1) is 12.7. The SMILES string of the molecule is Cc1ccc(Br)cc1C(=O)NC(C)(C)C#N. The molecule has 1 rings (SSSR count). The van der Waals surface area contributed by atoms with Crippen LogP contribution in [0.25, 0.3) is 0 Å². The van der Waals surface area contributed by atoms with Gasteiger partial charge in [0.2, 0.25) is 0 Å². The topological polar surface area (TPSA) is 52.9 Å². The Hall–Kier alpha value is -1.34. The first-order valence-electron chi connectivity index (χ1n) is 4.85. The van der Waals surface area contributed by atoms with Crippen LogP contribution in [0.5, 0.6) is 0 Å². The Labute approximate surface area is 104 Å². The molecule has 1 N–H and O–H groups in total. The molecule has 0 bridgehead atoms. The highest BCUT2D eigenvalue weighted by Crippen LogP contribution is 2.16. The minimum Gasteiger partial charge on any atom is -0.334 e. The van der Waals surface area contributed by atoms with Crippen LogP contribution in [0.3, 0.4) is 0 Å². The van der Waals surface area contributed by atoms with Crippen molar-refractivity contribution in [3.8, 4) is 6.07 Å². The maximum Gasteiger partial charge on any atom is 0.252 e. The number of amides is 1. The predicted molar refractivity (Wildman–Crippen MR) is 66.0 cm³/mol. The minimum absolute atomic E-state index is 0.231. The Morgan fingerprint density at radius 1 is 1.50 bits per heavy atom. The van der Waals surface area contributed by atoms with Crippen molar-refractivity contribution in [3.05, 3.63) is 33.8 Å². The van der Waals surface area contributed by atoms with Crippen LogP contribution in [0.4, 0.5) is 0 Å². The summed E-state index contributed by atoms with van der Waals surface area (Å²) in [5, 5.41) is 11.5. The molecule has 1 aromatic carbocycles. The number of benzene rings is 1. The molecule has 0 spiro atoms. The third-order valence-corrected chi connectivity index (χ3v) is 2.64. The van der Waals surface area contributed by atoms with Crippen LogP contribution in [0.1, 0.15) is 29.8 Å². The van der Waals surface area contributed by atoms with E-state index in [1.165, 1.54) is 0 Å². The van der Waals surface area contributed by atoms with Crippen LogP contribution in [0, 0.1) is 18.3 Å². The average molecular weight is 281 g/mol. The zero-order chi connectivity index (χ0) is 12.3. The lowest BCUT2D eigenvalue weighted by molar-refractivity contribution is 0.0928. The summed E-state index contributed by atoms with van der Waals surface area (Å²) in [6.07, 6.45) is 0. The second-order valence-corrected chi connectivity index (χ2v) is 5.07. The van der Waals surface area contributed by atoms with Gasteiger partial charge >= 0.3 is 0 Å². The lowest BCUT2D eigenvalue weighted by atomic mass is 10.0. The van der Waals surface area contributed by atoms with Gasteiger partial charge in [0.05, 0.1) is 6.07 Å². The lowest BCUT2D eigenvalue weighted by Crippen LogP contribution is -2.42. The predicted octanol–water partition coefficient (Wildman–Crippen LogP) is 2.79. The molecule has 0 heterocycles. The van der Waals surface area contributed by atoms with Crippen molar-refractivity contribution in [1.82, 2.24) is 5.32 Å². The molecule has 4 heteroatoms. The molecule has 0 saturated carbocycles. The van der Waals surface area contributed by atoms with E-state index in [2.05, 4.69) is 21.2 Å². The fourth-order valence-electron chi connectivity index (χ4n) is 1.22. The number of halogens is 1. The van der Waals surface area contributed by atoms with Crippen molar-refractivity contribution in [2.75, 3.05) is 0 Å². The standard InChI is InChI=1S/C12H13BrN2O/c1-8-4-5-9(13)6-10(8)11(16)15-12(2,3)7-14/h4-6H,1-3H3,(H,15,16). The third kappa shape index (κ3) is 3.07. The van der Waals surface area contributed by atoms with Crippen molar-refractivity contribution >= 4 is 21.8 Å². The smallest absolute Gasteiger partial charge is 0.252 e. The summed E-state index contributed by atoms with van der Waals surface area (Å²) in [5.74, 6) is -0.231. The van der Waals surface area contributed by atoms with Gasteiger partial charge in [0.1, 0.15) is 5.54 Å². The molecule has 0 fully saturated rings. The van der Waals surface area contributed by atoms with E-state index in [9.17, 15) is 4.79 Å². The van der Waals surface area contributed by atoms with E-state index in [1.807, 2.05) is 25.1 Å². The van der Waals surface area contributed by atoms with Gasteiger partial charge in [-0.25, -0.2) is 0 Å². The molecule has 3 nitrogen and oxygen atoms in total. The third-order valence-electron chi connectivity index (χ3n) is 2.15. The number of hydrogen-bond donors (Lipinski definition) is 1. The van der Waals surface area contributed by atoms with Crippen LogP contribution < -0.4 is 5.32 Å². The molecule has 0 radical (unpaired) electrons. The van der Waals surface area contributed by atoms with Gasteiger partial charge in [-0.05, 0) is 38.5 Å². The summed E-state index contributed by atoms with van der Waals surface area (Å²) in [5.41, 5.74) is 0.610. The lowest BCUT2D eigenvalue weighted by Gasteiger charge is -2.18. The van der Waals surface area contributed by atoms with Crippen molar-refractivity contribution < 1.29 is 4.79 Å². The number of hydrogen-bond acceptors (Lipinski definition) is 2. The highest BCUT2D eigenvalue weighted by Gasteiger charge is 2.21.